The van der Waals surface area contributed by atoms with Crippen LogP contribution in [0.2, 0.25) is 0 Å². The minimum atomic E-state index is -0.258. The largest absolute Gasteiger partial charge is 0.297 e. The first-order valence-corrected chi connectivity index (χ1v) is 6.24. The molecule has 0 bridgehead atoms. The second kappa shape index (κ2) is 4.57. The van der Waals surface area contributed by atoms with Crippen LogP contribution in [0.5, 0.6) is 0 Å². The third-order valence-corrected chi connectivity index (χ3v) is 3.68. The third-order valence-electron chi connectivity index (χ3n) is 2.26. The van der Waals surface area contributed by atoms with E-state index < -0.39 is 0 Å². The number of thiazole rings is 1. The van der Waals surface area contributed by atoms with E-state index in [1.165, 1.54) is 9.88 Å². The zero-order chi connectivity index (χ0) is 12.4. The van der Waals surface area contributed by atoms with Gasteiger partial charge in [0, 0.05) is 23.0 Å². The van der Waals surface area contributed by atoms with Crippen LogP contribution in [0, 0.1) is 12.3 Å². The molecule has 0 aliphatic rings. The smallest absolute Gasteiger partial charge is 0.0981 e. The number of hydrogen-bond donors (Lipinski definition) is 1. The van der Waals surface area contributed by atoms with Gasteiger partial charge in [-0.2, -0.15) is 0 Å². The van der Waals surface area contributed by atoms with E-state index in [-0.39, 0.29) is 11.0 Å². The summed E-state index contributed by atoms with van der Waals surface area (Å²) in [4.78, 5) is 5.67. The van der Waals surface area contributed by atoms with Crippen LogP contribution < -0.4 is 5.32 Å². The number of terminal acetylenes is 1. The van der Waals surface area contributed by atoms with Crippen molar-refractivity contribution in [2.45, 2.75) is 52.1 Å². The Balaban J connectivity index is 2.65. The van der Waals surface area contributed by atoms with Crippen LogP contribution in [0.25, 0.3) is 0 Å². The van der Waals surface area contributed by atoms with Gasteiger partial charge >= 0.3 is 0 Å². The van der Waals surface area contributed by atoms with Gasteiger partial charge < -0.3 is 0 Å². The molecule has 0 atom stereocenters. The molecule has 16 heavy (non-hydrogen) atoms. The molecule has 2 nitrogen and oxygen atoms in total. The van der Waals surface area contributed by atoms with Crippen molar-refractivity contribution in [3.8, 4) is 12.3 Å². The van der Waals surface area contributed by atoms with Gasteiger partial charge in [-0.1, -0.05) is 26.7 Å². The van der Waals surface area contributed by atoms with E-state index in [0.29, 0.717) is 0 Å². The molecule has 0 radical (unpaired) electrons. The standard InChI is InChI=1S/C13H20N2S/c1-7-13(5,6)15-9-10-8-14-11(16-10)12(2,3)4/h1,8,15H,9H2,2-6H3. The lowest BCUT2D eigenvalue weighted by molar-refractivity contribution is 0.493. The Hall–Kier alpha value is -0.850. The molecule has 0 aliphatic heterocycles. The summed E-state index contributed by atoms with van der Waals surface area (Å²) in [6.07, 6.45) is 7.36. The summed E-state index contributed by atoms with van der Waals surface area (Å²) in [7, 11) is 0. The average molecular weight is 236 g/mol. The number of rotatable bonds is 3. The molecule has 1 aromatic rings. The molecule has 1 aromatic heterocycles. The summed E-state index contributed by atoms with van der Waals surface area (Å²) in [5.41, 5.74) is -0.129. The van der Waals surface area contributed by atoms with Crippen LogP contribution in [-0.2, 0) is 12.0 Å². The van der Waals surface area contributed by atoms with Crippen LogP contribution in [0.4, 0.5) is 0 Å². The molecule has 3 heteroatoms. The minimum absolute atomic E-state index is 0.130. The Morgan fingerprint density at radius 1 is 1.38 bits per heavy atom. The number of nitrogens with one attached hydrogen (secondary N) is 1. The lowest BCUT2D eigenvalue weighted by Gasteiger charge is -2.18. The van der Waals surface area contributed by atoms with Crippen molar-refractivity contribution in [3.05, 3.63) is 16.1 Å². The van der Waals surface area contributed by atoms with Gasteiger partial charge in [0.25, 0.3) is 0 Å². The van der Waals surface area contributed by atoms with Gasteiger partial charge in [-0.25, -0.2) is 4.98 Å². The minimum Gasteiger partial charge on any atom is -0.297 e. The van der Waals surface area contributed by atoms with Gasteiger partial charge in [0.15, 0.2) is 0 Å². The summed E-state index contributed by atoms with van der Waals surface area (Å²) in [5.74, 6) is 2.72. The number of nitrogens with zero attached hydrogens (tertiary/aromatic N) is 1. The average Bonchev–Trinajstić information content (AvgIpc) is 2.63. The normalized spacial score (nSPS) is 12.5. The fraction of sp³-hybridized carbons (Fsp3) is 0.615. The molecule has 0 saturated carbocycles. The molecule has 1 rings (SSSR count). The highest BCUT2D eigenvalue weighted by Gasteiger charge is 2.19. The quantitative estimate of drug-likeness (QED) is 0.816. The second-order valence-electron chi connectivity index (χ2n) is 5.50. The van der Waals surface area contributed by atoms with E-state index in [1.54, 1.807) is 11.3 Å². The molecule has 1 N–H and O–H groups in total. The van der Waals surface area contributed by atoms with E-state index in [9.17, 15) is 0 Å². The monoisotopic (exact) mass is 236 g/mol. The Morgan fingerprint density at radius 2 is 2.00 bits per heavy atom. The molecule has 0 unspecified atom stereocenters. The molecule has 0 fully saturated rings. The first-order chi connectivity index (χ1) is 7.24. The topological polar surface area (TPSA) is 24.9 Å². The second-order valence-corrected chi connectivity index (χ2v) is 6.62. The highest BCUT2D eigenvalue weighted by Crippen LogP contribution is 2.26. The molecule has 0 aromatic carbocycles. The van der Waals surface area contributed by atoms with E-state index in [0.717, 1.165) is 6.54 Å². The number of hydrogen-bond acceptors (Lipinski definition) is 3. The molecule has 88 valence electrons. The van der Waals surface area contributed by atoms with Crippen molar-refractivity contribution in [1.82, 2.24) is 10.3 Å². The first kappa shape index (κ1) is 13.2. The zero-order valence-corrected chi connectivity index (χ0v) is 11.5. The molecule has 1 heterocycles. The van der Waals surface area contributed by atoms with E-state index in [4.69, 9.17) is 6.42 Å². The SMILES string of the molecule is C#CC(C)(C)NCc1cnc(C(C)(C)C)s1. The van der Waals surface area contributed by atoms with E-state index in [1.807, 2.05) is 20.0 Å². The maximum absolute atomic E-state index is 5.42. The predicted molar refractivity (Wildman–Crippen MR) is 70.6 cm³/mol. The summed E-state index contributed by atoms with van der Waals surface area (Å²) in [6.45, 7) is 11.3. The summed E-state index contributed by atoms with van der Waals surface area (Å²) in [5, 5.41) is 4.49. The zero-order valence-electron chi connectivity index (χ0n) is 10.7. The third kappa shape index (κ3) is 3.62. The highest BCUT2D eigenvalue weighted by atomic mass is 32.1. The van der Waals surface area contributed by atoms with Crippen LogP contribution in [0.3, 0.4) is 0 Å². The maximum atomic E-state index is 5.42. The Kier molecular flexibility index (Phi) is 3.77. The van der Waals surface area contributed by atoms with Gasteiger partial charge in [0.1, 0.15) is 0 Å². The molecular formula is C13H20N2S. The fourth-order valence-corrected chi connectivity index (χ4v) is 2.00. The molecular weight excluding hydrogens is 216 g/mol. The van der Waals surface area contributed by atoms with Gasteiger partial charge in [-0.05, 0) is 13.8 Å². The van der Waals surface area contributed by atoms with Gasteiger partial charge in [0.2, 0.25) is 0 Å². The molecule has 0 saturated heterocycles. The first-order valence-electron chi connectivity index (χ1n) is 5.42. The Morgan fingerprint density at radius 3 is 2.44 bits per heavy atom. The van der Waals surface area contributed by atoms with Crippen LogP contribution >= 0.6 is 11.3 Å². The maximum Gasteiger partial charge on any atom is 0.0981 e. The van der Waals surface area contributed by atoms with Gasteiger partial charge in [-0.3, -0.25) is 5.32 Å². The van der Waals surface area contributed by atoms with Crippen molar-refractivity contribution in [2.24, 2.45) is 0 Å². The van der Waals surface area contributed by atoms with Crippen molar-refractivity contribution < 1.29 is 0 Å². The molecule has 0 amide bonds. The lowest BCUT2D eigenvalue weighted by atomic mass is 9.98. The Bertz CT molecular complexity index is 391. The van der Waals surface area contributed by atoms with Crippen molar-refractivity contribution in [1.29, 1.82) is 0 Å². The highest BCUT2D eigenvalue weighted by molar-refractivity contribution is 7.11. The van der Waals surface area contributed by atoms with E-state index >= 15 is 0 Å². The number of aromatic nitrogens is 1. The van der Waals surface area contributed by atoms with Gasteiger partial charge in [0.05, 0.1) is 10.5 Å². The summed E-state index contributed by atoms with van der Waals surface area (Å²) < 4.78 is 0. The van der Waals surface area contributed by atoms with Crippen molar-refractivity contribution in [2.75, 3.05) is 0 Å². The van der Waals surface area contributed by atoms with Crippen LogP contribution in [0.15, 0.2) is 6.20 Å². The molecule has 0 aliphatic carbocycles. The lowest BCUT2D eigenvalue weighted by Crippen LogP contribution is -2.36. The summed E-state index contributed by atoms with van der Waals surface area (Å²) >= 11 is 1.75. The molecule has 0 spiro atoms. The predicted octanol–water partition coefficient (Wildman–Crippen LogP) is 2.94. The van der Waals surface area contributed by atoms with E-state index in [2.05, 4.69) is 37.0 Å². The van der Waals surface area contributed by atoms with Crippen molar-refractivity contribution >= 4 is 11.3 Å². The summed E-state index contributed by atoms with van der Waals surface area (Å²) in [6, 6.07) is 0. The van der Waals surface area contributed by atoms with Crippen LogP contribution in [-0.4, -0.2) is 10.5 Å². The Labute approximate surface area is 102 Å². The fourth-order valence-electron chi connectivity index (χ4n) is 1.10. The van der Waals surface area contributed by atoms with Crippen molar-refractivity contribution in [3.63, 3.8) is 0 Å². The van der Waals surface area contributed by atoms with Crippen LogP contribution in [0.1, 0.15) is 44.5 Å². The van der Waals surface area contributed by atoms with Gasteiger partial charge in [-0.15, -0.1) is 17.8 Å².